The summed E-state index contributed by atoms with van der Waals surface area (Å²) in [5.74, 6) is 1.01. The summed E-state index contributed by atoms with van der Waals surface area (Å²) in [5, 5.41) is 9.27. The topological polar surface area (TPSA) is 55.5 Å². The Morgan fingerprint density at radius 3 is 2.41 bits per heavy atom. The SMILES string of the molecule is COc1ccc(Sc2ccc(O)cc2N)cc1. The van der Waals surface area contributed by atoms with Crippen molar-refractivity contribution in [1.29, 1.82) is 0 Å². The fraction of sp³-hybridized carbons (Fsp3) is 0.0769. The van der Waals surface area contributed by atoms with Gasteiger partial charge in [-0.15, -0.1) is 0 Å². The third-order valence-corrected chi connectivity index (χ3v) is 3.38. The van der Waals surface area contributed by atoms with Crippen LogP contribution in [0.5, 0.6) is 11.5 Å². The number of anilines is 1. The quantitative estimate of drug-likeness (QED) is 0.818. The van der Waals surface area contributed by atoms with Gasteiger partial charge in [-0.3, -0.25) is 0 Å². The maximum absolute atomic E-state index is 9.27. The number of nitrogens with two attached hydrogens (primary N) is 1. The van der Waals surface area contributed by atoms with E-state index in [0.717, 1.165) is 15.5 Å². The fourth-order valence-corrected chi connectivity index (χ4v) is 2.24. The molecule has 0 aromatic heterocycles. The third-order valence-electron chi connectivity index (χ3n) is 2.28. The van der Waals surface area contributed by atoms with Crippen molar-refractivity contribution < 1.29 is 9.84 Å². The van der Waals surface area contributed by atoms with Crippen LogP contribution < -0.4 is 10.5 Å². The van der Waals surface area contributed by atoms with Crippen LogP contribution >= 0.6 is 11.8 Å². The van der Waals surface area contributed by atoms with Crippen LogP contribution in [0.4, 0.5) is 5.69 Å². The van der Waals surface area contributed by atoms with E-state index < -0.39 is 0 Å². The first-order valence-corrected chi connectivity index (χ1v) is 5.91. The molecule has 88 valence electrons. The highest BCUT2D eigenvalue weighted by molar-refractivity contribution is 7.99. The van der Waals surface area contributed by atoms with Gasteiger partial charge in [0, 0.05) is 21.5 Å². The molecule has 0 aliphatic rings. The van der Waals surface area contributed by atoms with Crippen LogP contribution in [0.25, 0.3) is 0 Å². The maximum atomic E-state index is 9.27. The van der Waals surface area contributed by atoms with E-state index in [0.29, 0.717) is 5.69 Å². The number of rotatable bonds is 3. The van der Waals surface area contributed by atoms with Gasteiger partial charge in [-0.25, -0.2) is 0 Å². The summed E-state index contributed by atoms with van der Waals surface area (Å²) in [6.07, 6.45) is 0. The van der Waals surface area contributed by atoms with Gasteiger partial charge >= 0.3 is 0 Å². The van der Waals surface area contributed by atoms with E-state index in [2.05, 4.69) is 0 Å². The number of hydrogen-bond acceptors (Lipinski definition) is 4. The van der Waals surface area contributed by atoms with Crippen LogP contribution in [-0.4, -0.2) is 12.2 Å². The second-order valence-corrected chi connectivity index (χ2v) is 4.62. The van der Waals surface area contributed by atoms with Crippen molar-refractivity contribution in [2.75, 3.05) is 12.8 Å². The largest absolute Gasteiger partial charge is 0.508 e. The first-order chi connectivity index (χ1) is 8.19. The molecule has 0 radical (unpaired) electrons. The Morgan fingerprint density at radius 1 is 1.12 bits per heavy atom. The van der Waals surface area contributed by atoms with Gasteiger partial charge < -0.3 is 15.6 Å². The van der Waals surface area contributed by atoms with E-state index in [9.17, 15) is 5.11 Å². The van der Waals surface area contributed by atoms with Crippen molar-refractivity contribution in [3.05, 3.63) is 42.5 Å². The Balaban J connectivity index is 2.19. The van der Waals surface area contributed by atoms with Crippen LogP contribution in [0.2, 0.25) is 0 Å². The molecule has 0 heterocycles. The molecule has 3 N–H and O–H groups in total. The van der Waals surface area contributed by atoms with Crippen LogP contribution in [0.15, 0.2) is 52.3 Å². The summed E-state index contributed by atoms with van der Waals surface area (Å²) in [4.78, 5) is 2.00. The standard InChI is InChI=1S/C13H13NO2S/c1-16-10-3-5-11(6-4-10)17-13-7-2-9(15)8-12(13)14/h2-8,15H,14H2,1H3. The van der Waals surface area contributed by atoms with Gasteiger partial charge in [0.25, 0.3) is 0 Å². The van der Waals surface area contributed by atoms with Gasteiger partial charge in [-0.2, -0.15) is 0 Å². The van der Waals surface area contributed by atoms with E-state index in [1.807, 2.05) is 24.3 Å². The molecule has 0 aliphatic heterocycles. The van der Waals surface area contributed by atoms with Gasteiger partial charge in [-0.05, 0) is 36.4 Å². The number of hydrogen-bond donors (Lipinski definition) is 2. The Bertz CT molecular complexity index is 511. The molecule has 4 heteroatoms. The monoisotopic (exact) mass is 247 g/mol. The lowest BCUT2D eigenvalue weighted by molar-refractivity contribution is 0.414. The zero-order valence-corrected chi connectivity index (χ0v) is 10.2. The summed E-state index contributed by atoms with van der Waals surface area (Å²) in [6, 6.07) is 12.7. The van der Waals surface area contributed by atoms with Crippen LogP contribution in [0, 0.1) is 0 Å². The Labute approximate surface area is 104 Å². The molecule has 0 saturated heterocycles. The number of phenolic OH excluding ortho intramolecular Hbond substituents is 1. The molecular formula is C13H13NO2S. The summed E-state index contributed by atoms with van der Waals surface area (Å²) in [6.45, 7) is 0. The highest BCUT2D eigenvalue weighted by atomic mass is 32.2. The molecule has 17 heavy (non-hydrogen) atoms. The summed E-state index contributed by atoms with van der Waals surface area (Å²) < 4.78 is 5.09. The van der Waals surface area contributed by atoms with Crippen molar-refractivity contribution in [1.82, 2.24) is 0 Å². The van der Waals surface area contributed by atoms with E-state index in [1.165, 1.54) is 0 Å². The molecule has 0 amide bonds. The zero-order valence-electron chi connectivity index (χ0n) is 9.38. The highest BCUT2D eigenvalue weighted by Gasteiger charge is 2.03. The van der Waals surface area contributed by atoms with Crippen molar-refractivity contribution >= 4 is 17.4 Å². The average molecular weight is 247 g/mol. The predicted molar refractivity (Wildman–Crippen MR) is 69.6 cm³/mol. The minimum absolute atomic E-state index is 0.182. The molecule has 2 aromatic rings. The number of benzene rings is 2. The molecule has 0 atom stereocenters. The van der Waals surface area contributed by atoms with Crippen LogP contribution in [0.3, 0.4) is 0 Å². The van der Waals surface area contributed by atoms with Crippen molar-refractivity contribution in [3.63, 3.8) is 0 Å². The number of nitrogen functional groups attached to an aromatic ring is 1. The smallest absolute Gasteiger partial charge is 0.118 e. The fourth-order valence-electron chi connectivity index (χ4n) is 1.40. The lowest BCUT2D eigenvalue weighted by Crippen LogP contribution is -1.87. The third kappa shape index (κ3) is 2.85. The lowest BCUT2D eigenvalue weighted by Gasteiger charge is -2.06. The number of phenols is 1. The van der Waals surface area contributed by atoms with Crippen molar-refractivity contribution in [2.24, 2.45) is 0 Å². The predicted octanol–water partition coefficient (Wildman–Crippen LogP) is 3.13. The first kappa shape index (κ1) is 11.7. The molecule has 0 fully saturated rings. The second-order valence-electron chi connectivity index (χ2n) is 3.50. The van der Waals surface area contributed by atoms with E-state index in [4.69, 9.17) is 10.5 Å². The molecular weight excluding hydrogens is 234 g/mol. The minimum Gasteiger partial charge on any atom is -0.508 e. The average Bonchev–Trinajstić information content (AvgIpc) is 2.34. The van der Waals surface area contributed by atoms with Crippen molar-refractivity contribution in [3.8, 4) is 11.5 Å². The molecule has 0 saturated carbocycles. The highest BCUT2D eigenvalue weighted by Crippen LogP contribution is 2.34. The van der Waals surface area contributed by atoms with Crippen LogP contribution in [-0.2, 0) is 0 Å². The maximum Gasteiger partial charge on any atom is 0.118 e. The summed E-state index contributed by atoms with van der Waals surface area (Å²) >= 11 is 1.55. The van der Waals surface area contributed by atoms with Gasteiger partial charge in [0.1, 0.15) is 11.5 Å². The summed E-state index contributed by atoms with van der Waals surface area (Å²) in [7, 11) is 1.64. The summed E-state index contributed by atoms with van der Waals surface area (Å²) in [5.41, 5.74) is 6.39. The van der Waals surface area contributed by atoms with E-state index >= 15 is 0 Å². The molecule has 0 aliphatic carbocycles. The Morgan fingerprint density at radius 2 is 1.82 bits per heavy atom. The van der Waals surface area contributed by atoms with Crippen molar-refractivity contribution in [2.45, 2.75) is 9.79 Å². The van der Waals surface area contributed by atoms with E-state index in [-0.39, 0.29) is 5.75 Å². The molecule has 2 aromatic carbocycles. The van der Waals surface area contributed by atoms with Gasteiger partial charge in [0.2, 0.25) is 0 Å². The van der Waals surface area contributed by atoms with E-state index in [1.54, 1.807) is 37.1 Å². The lowest BCUT2D eigenvalue weighted by atomic mass is 10.3. The van der Waals surface area contributed by atoms with Gasteiger partial charge in [0.15, 0.2) is 0 Å². The molecule has 0 bridgehead atoms. The Kier molecular flexibility index (Phi) is 3.44. The van der Waals surface area contributed by atoms with Gasteiger partial charge in [-0.1, -0.05) is 11.8 Å². The number of aromatic hydroxyl groups is 1. The number of methoxy groups -OCH3 is 1. The molecule has 0 spiro atoms. The second kappa shape index (κ2) is 5.01. The number of ether oxygens (including phenoxy) is 1. The van der Waals surface area contributed by atoms with Crippen LogP contribution in [0.1, 0.15) is 0 Å². The molecule has 2 rings (SSSR count). The van der Waals surface area contributed by atoms with Gasteiger partial charge in [0.05, 0.1) is 7.11 Å². The Hall–Kier alpha value is -1.81. The molecule has 3 nitrogen and oxygen atoms in total. The first-order valence-electron chi connectivity index (χ1n) is 5.09. The molecule has 0 unspecified atom stereocenters. The zero-order chi connectivity index (χ0) is 12.3. The minimum atomic E-state index is 0.182. The normalized spacial score (nSPS) is 10.2.